The molecular formula is C17H12N6. The molecular weight excluding hydrogens is 288 g/mol. The first-order valence-electron chi connectivity index (χ1n) is 7.20. The Morgan fingerprint density at radius 1 is 1.26 bits per heavy atom. The average Bonchev–Trinajstić information content (AvgIpc) is 2.96. The fourth-order valence-electron chi connectivity index (χ4n) is 2.59. The monoisotopic (exact) mass is 300 g/mol. The summed E-state index contributed by atoms with van der Waals surface area (Å²) in [5, 5.41) is 21.8. The Bertz CT molecular complexity index is 1020. The summed E-state index contributed by atoms with van der Waals surface area (Å²) in [6.45, 7) is 1.93. The number of fused-ring (bicyclic) bond motifs is 2. The molecule has 0 radical (unpaired) electrons. The number of nitrogens with zero attached hydrogens (tertiary/aromatic N) is 6. The van der Waals surface area contributed by atoms with Crippen molar-refractivity contribution < 1.29 is 0 Å². The number of pyridine rings is 1. The Balaban J connectivity index is 1.75. The first kappa shape index (κ1) is 13.3. The molecule has 1 aliphatic rings. The molecule has 0 unspecified atom stereocenters. The quantitative estimate of drug-likeness (QED) is 0.689. The molecule has 110 valence electrons. The molecule has 3 aromatic rings. The minimum absolute atomic E-state index is 0.573. The maximum Gasteiger partial charge on any atom is 0.178 e. The van der Waals surface area contributed by atoms with E-state index in [9.17, 15) is 0 Å². The maximum absolute atomic E-state index is 9.00. The van der Waals surface area contributed by atoms with E-state index >= 15 is 0 Å². The molecule has 0 aromatic carbocycles. The molecule has 0 fully saturated rings. The van der Waals surface area contributed by atoms with Crippen LogP contribution >= 0.6 is 0 Å². The second-order valence-electron chi connectivity index (χ2n) is 5.41. The molecule has 0 bridgehead atoms. The van der Waals surface area contributed by atoms with Crippen molar-refractivity contribution in [1.82, 2.24) is 24.8 Å². The van der Waals surface area contributed by atoms with Crippen molar-refractivity contribution in [2.75, 3.05) is 0 Å². The zero-order chi connectivity index (χ0) is 15.8. The summed E-state index contributed by atoms with van der Waals surface area (Å²) in [4.78, 5) is 4.30. The van der Waals surface area contributed by atoms with E-state index < -0.39 is 0 Å². The Morgan fingerprint density at radius 3 is 3.04 bits per heavy atom. The van der Waals surface area contributed by atoms with E-state index in [0.29, 0.717) is 17.8 Å². The van der Waals surface area contributed by atoms with Gasteiger partial charge in [0.1, 0.15) is 6.07 Å². The minimum atomic E-state index is 0.573. The van der Waals surface area contributed by atoms with Crippen LogP contribution in [0.4, 0.5) is 0 Å². The number of rotatable bonds is 1. The highest BCUT2D eigenvalue weighted by atomic mass is 15.4. The van der Waals surface area contributed by atoms with Crippen LogP contribution in [0.2, 0.25) is 0 Å². The van der Waals surface area contributed by atoms with E-state index in [0.717, 1.165) is 28.2 Å². The van der Waals surface area contributed by atoms with Gasteiger partial charge in [-0.25, -0.2) is 0 Å². The van der Waals surface area contributed by atoms with Crippen LogP contribution in [0.15, 0.2) is 36.0 Å². The highest BCUT2D eigenvalue weighted by Gasteiger charge is 2.12. The van der Waals surface area contributed by atoms with Gasteiger partial charge in [0.2, 0.25) is 0 Å². The molecule has 4 rings (SSSR count). The molecule has 1 aliphatic carbocycles. The number of aromatic nitrogens is 5. The number of nitriles is 1. The summed E-state index contributed by atoms with van der Waals surface area (Å²) in [5.74, 6) is 0.691. The van der Waals surface area contributed by atoms with Crippen LogP contribution in [-0.2, 0) is 6.42 Å². The molecule has 0 aliphatic heterocycles. The number of allylic oxidation sites excluding steroid dienone is 2. The van der Waals surface area contributed by atoms with Gasteiger partial charge in [-0.15, -0.1) is 10.2 Å². The summed E-state index contributed by atoms with van der Waals surface area (Å²) < 4.78 is 1.73. The molecule has 23 heavy (non-hydrogen) atoms. The van der Waals surface area contributed by atoms with Crippen LogP contribution in [0.3, 0.4) is 0 Å². The molecule has 6 nitrogen and oxygen atoms in total. The minimum Gasteiger partial charge on any atom is -0.255 e. The number of aryl methyl sites for hydroxylation is 1. The Labute approximate surface area is 132 Å². The smallest absolute Gasteiger partial charge is 0.178 e. The largest absolute Gasteiger partial charge is 0.255 e. The molecule has 0 saturated heterocycles. The molecule has 6 heteroatoms. The maximum atomic E-state index is 9.00. The second-order valence-corrected chi connectivity index (χ2v) is 5.41. The first-order chi connectivity index (χ1) is 11.2. The van der Waals surface area contributed by atoms with Crippen LogP contribution in [-0.4, -0.2) is 24.8 Å². The lowest BCUT2D eigenvalue weighted by Crippen LogP contribution is -2.02. The van der Waals surface area contributed by atoms with Gasteiger partial charge in [0.05, 0.1) is 17.0 Å². The van der Waals surface area contributed by atoms with E-state index in [1.54, 1.807) is 10.7 Å². The molecule has 3 heterocycles. The van der Waals surface area contributed by atoms with Crippen molar-refractivity contribution in [3.8, 4) is 6.07 Å². The topological polar surface area (TPSA) is 79.8 Å². The molecule has 0 saturated carbocycles. The molecule has 0 atom stereocenters. The highest BCUT2D eigenvalue weighted by molar-refractivity contribution is 5.65. The summed E-state index contributed by atoms with van der Waals surface area (Å²) in [6.07, 6.45) is 8.22. The van der Waals surface area contributed by atoms with Gasteiger partial charge in [-0.1, -0.05) is 6.08 Å². The zero-order valence-electron chi connectivity index (χ0n) is 12.4. The third kappa shape index (κ3) is 2.38. The standard InChI is InChI=1S/C17H12N6/c1-11-2-5-16-20-21-17(23(16)22-11)8-12-3-4-15-14(6-12)7-13(9-18)10-19-15/h2-5,7-8,10H,6H2,1H3. The summed E-state index contributed by atoms with van der Waals surface area (Å²) in [5.41, 5.74) is 5.22. The van der Waals surface area contributed by atoms with Crippen LogP contribution in [0.25, 0.3) is 17.8 Å². The van der Waals surface area contributed by atoms with E-state index in [-0.39, 0.29) is 0 Å². The van der Waals surface area contributed by atoms with E-state index in [1.807, 2.05) is 43.4 Å². The van der Waals surface area contributed by atoms with Gasteiger partial charge >= 0.3 is 0 Å². The summed E-state index contributed by atoms with van der Waals surface area (Å²) in [7, 11) is 0. The van der Waals surface area contributed by atoms with Gasteiger partial charge in [0.15, 0.2) is 11.5 Å². The number of hydrogen-bond acceptors (Lipinski definition) is 5. The van der Waals surface area contributed by atoms with E-state index in [1.165, 1.54) is 0 Å². The van der Waals surface area contributed by atoms with Gasteiger partial charge in [-0.05, 0) is 54.8 Å². The fraction of sp³-hybridized carbons (Fsp3) is 0.118. The Kier molecular flexibility index (Phi) is 2.98. The van der Waals surface area contributed by atoms with Crippen molar-refractivity contribution in [1.29, 1.82) is 5.26 Å². The molecule has 3 aromatic heterocycles. The fourth-order valence-corrected chi connectivity index (χ4v) is 2.59. The number of hydrogen-bond donors (Lipinski definition) is 0. The van der Waals surface area contributed by atoms with Gasteiger partial charge in [0.25, 0.3) is 0 Å². The third-order valence-corrected chi connectivity index (χ3v) is 3.72. The Hall–Kier alpha value is -3.33. The van der Waals surface area contributed by atoms with Gasteiger partial charge < -0.3 is 0 Å². The van der Waals surface area contributed by atoms with Crippen molar-refractivity contribution in [3.63, 3.8) is 0 Å². The summed E-state index contributed by atoms with van der Waals surface area (Å²) >= 11 is 0. The van der Waals surface area contributed by atoms with Crippen LogP contribution in [0, 0.1) is 18.3 Å². The van der Waals surface area contributed by atoms with Crippen molar-refractivity contribution in [2.45, 2.75) is 13.3 Å². The molecule has 0 amide bonds. The predicted octanol–water partition coefficient (Wildman–Crippen LogP) is 2.35. The second kappa shape index (κ2) is 5.14. The lowest BCUT2D eigenvalue weighted by atomic mass is 9.96. The normalized spacial score (nSPS) is 14.9. The first-order valence-corrected chi connectivity index (χ1v) is 7.20. The molecule has 0 N–H and O–H groups in total. The SMILES string of the molecule is Cc1ccc2nnc(C=C3C=Cc4ncc(C#N)cc4C3)n2n1. The molecule has 0 spiro atoms. The van der Waals surface area contributed by atoms with Gasteiger partial charge in [0, 0.05) is 6.20 Å². The van der Waals surface area contributed by atoms with Crippen LogP contribution < -0.4 is 0 Å². The van der Waals surface area contributed by atoms with E-state index in [2.05, 4.69) is 26.3 Å². The lowest BCUT2D eigenvalue weighted by Gasteiger charge is -2.11. The third-order valence-electron chi connectivity index (χ3n) is 3.72. The van der Waals surface area contributed by atoms with Gasteiger partial charge in [-0.2, -0.15) is 14.9 Å². The highest BCUT2D eigenvalue weighted by Crippen LogP contribution is 2.23. The van der Waals surface area contributed by atoms with Crippen molar-refractivity contribution in [3.05, 3.63) is 64.4 Å². The van der Waals surface area contributed by atoms with Crippen LogP contribution in [0.1, 0.15) is 28.3 Å². The Morgan fingerprint density at radius 2 is 2.17 bits per heavy atom. The lowest BCUT2D eigenvalue weighted by molar-refractivity contribution is 0.880. The van der Waals surface area contributed by atoms with Gasteiger partial charge in [-0.3, -0.25) is 4.98 Å². The van der Waals surface area contributed by atoms with Crippen molar-refractivity contribution >= 4 is 17.8 Å². The summed E-state index contributed by atoms with van der Waals surface area (Å²) in [6, 6.07) is 7.81. The zero-order valence-corrected chi connectivity index (χ0v) is 12.4. The average molecular weight is 300 g/mol. The van der Waals surface area contributed by atoms with E-state index in [4.69, 9.17) is 5.26 Å². The van der Waals surface area contributed by atoms with Crippen molar-refractivity contribution in [2.24, 2.45) is 0 Å². The predicted molar refractivity (Wildman–Crippen MR) is 85.2 cm³/mol. The van der Waals surface area contributed by atoms with Crippen LogP contribution in [0.5, 0.6) is 0 Å².